The second-order valence-electron chi connectivity index (χ2n) is 5.51. The quantitative estimate of drug-likeness (QED) is 0.566. The molecule has 0 saturated carbocycles. The van der Waals surface area contributed by atoms with Gasteiger partial charge in [0.2, 0.25) is 10.0 Å². The second kappa shape index (κ2) is 8.77. The number of pyridine rings is 1. The van der Waals surface area contributed by atoms with Crippen molar-refractivity contribution in [3.63, 3.8) is 0 Å². The van der Waals surface area contributed by atoms with Crippen molar-refractivity contribution >= 4 is 21.6 Å². The van der Waals surface area contributed by atoms with Crippen LogP contribution in [0.3, 0.4) is 0 Å². The van der Waals surface area contributed by atoms with Gasteiger partial charge in [0, 0.05) is 24.8 Å². The minimum absolute atomic E-state index is 0.167. The lowest BCUT2D eigenvalue weighted by atomic mass is 10.1. The Kier molecular flexibility index (Phi) is 6.70. The Hall–Kier alpha value is -2.45. The monoisotopic (exact) mass is 376 g/mol. The van der Waals surface area contributed by atoms with Gasteiger partial charge in [-0.2, -0.15) is 9.41 Å². The second-order valence-corrected chi connectivity index (χ2v) is 7.45. The molecule has 0 saturated heterocycles. The first-order chi connectivity index (χ1) is 12.4. The van der Waals surface area contributed by atoms with E-state index in [0.717, 1.165) is 17.0 Å². The third-order valence-corrected chi connectivity index (χ3v) is 5.94. The van der Waals surface area contributed by atoms with Crippen LogP contribution in [0.5, 0.6) is 5.75 Å². The van der Waals surface area contributed by atoms with Crippen LogP contribution in [0.25, 0.3) is 0 Å². The van der Waals surface area contributed by atoms with E-state index >= 15 is 0 Å². The molecule has 1 N–H and O–H groups in total. The molecule has 1 heterocycles. The summed E-state index contributed by atoms with van der Waals surface area (Å²) in [6.45, 7) is 6.31. The van der Waals surface area contributed by atoms with Gasteiger partial charge in [0.05, 0.1) is 12.8 Å². The molecule has 2 rings (SSSR count). The molecule has 2 aromatic rings. The normalized spacial score (nSPS) is 12.3. The van der Waals surface area contributed by atoms with E-state index in [9.17, 15) is 8.42 Å². The van der Waals surface area contributed by atoms with Gasteiger partial charge in [0.1, 0.15) is 16.5 Å². The van der Waals surface area contributed by atoms with Gasteiger partial charge in [0.25, 0.3) is 0 Å². The van der Waals surface area contributed by atoms with E-state index in [1.54, 1.807) is 27.0 Å². The van der Waals surface area contributed by atoms with Crippen LogP contribution in [0.2, 0.25) is 0 Å². The number of sulfonamides is 1. The number of nitrogens with zero attached hydrogens (tertiary/aromatic N) is 3. The van der Waals surface area contributed by atoms with Crippen molar-refractivity contribution in [2.24, 2.45) is 5.10 Å². The molecule has 8 heteroatoms. The third-order valence-electron chi connectivity index (χ3n) is 3.91. The van der Waals surface area contributed by atoms with Gasteiger partial charge in [-0.3, -0.25) is 5.43 Å². The Morgan fingerprint density at radius 2 is 1.96 bits per heavy atom. The average molecular weight is 376 g/mol. The molecule has 0 spiro atoms. The molecule has 0 unspecified atom stereocenters. The summed E-state index contributed by atoms with van der Waals surface area (Å²) in [4.78, 5) is 4.31. The largest absolute Gasteiger partial charge is 0.497 e. The van der Waals surface area contributed by atoms with Crippen molar-refractivity contribution in [1.82, 2.24) is 9.29 Å². The highest BCUT2D eigenvalue weighted by molar-refractivity contribution is 7.89. The molecule has 26 heavy (non-hydrogen) atoms. The molecule has 140 valence electrons. The highest BCUT2D eigenvalue weighted by atomic mass is 32.2. The van der Waals surface area contributed by atoms with E-state index in [4.69, 9.17) is 4.74 Å². The number of ether oxygens (including phenoxy) is 1. The predicted molar refractivity (Wildman–Crippen MR) is 103 cm³/mol. The lowest BCUT2D eigenvalue weighted by Gasteiger charge is -2.18. The van der Waals surface area contributed by atoms with E-state index in [0.29, 0.717) is 18.9 Å². The fourth-order valence-electron chi connectivity index (χ4n) is 2.37. The van der Waals surface area contributed by atoms with Gasteiger partial charge < -0.3 is 4.74 Å². The van der Waals surface area contributed by atoms with E-state index in [1.807, 2.05) is 31.2 Å². The number of nitrogens with one attached hydrogen (secondary N) is 1. The van der Waals surface area contributed by atoms with Gasteiger partial charge in [-0.15, -0.1) is 0 Å². The van der Waals surface area contributed by atoms with Crippen LogP contribution < -0.4 is 10.2 Å². The topological polar surface area (TPSA) is 83.9 Å². The molecule has 0 fully saturated rings. The zero-order valence-corrected chi connectivity index (χ0v) is 16.2. The van der Waals surface area contributed by atoms with Crippen molar-refractivity contribution < 1.29 is 13.2 Å². The van der Waals surface area contributed by atoms with Gasteiger partial charge in [-0.1, -0.05) is 26.0 Å². The number of hydrogen-bond acceptors (Lipinski definition) is 6. The van der Waals surface area contributed by atoms with Crippen molar-refractivity contribution in [2.75, 3.05) is 25.6 Å². The number of hydrazone groups is 1. The molecular formula is C18H24N4O3S. The van der Waals surface area contributed by atoms with Gasteiger partial charge >= 0.3 is 0 Å². The fourth-order valence-corrected chi connectivity index (χ4v) is 3.77. The zero-order chi connectivity index (χ0) is 19.2. The van der Waals surface area contributed by atoms with Crippen LogP contribution in [-0.2, 0) is 10.0 Å². The Balaban J connectivity index is 2.14. The number of aromatic nitrogens is 1. The molecule has 1 aromatic heterocycles. The van der Waals surface area contributed by atoms with Crippen LogP contribution in [0.1, 0.15) is 26.3 Å². The molecule has 0 amide bonds. The zero-order valence-electron chi connectivity index (χ0n) is 15.4. The molecule has 0 aliphatic rings. The number of benzene rings is 1. The first kappa shape index (κ1) is 19.9. The van der Waals surface area contributed by atoms with Crippen LogP contribution >= 0.6 is 0 Å². The highest BCUT2D eigenvalue weighted by Gasteiger charge is 2.21. The maximum atomic E-state index is 12.4. The SMILES string of the molecule is CCN(CC)S(=O)(=O)c1ccc(NN=C(C)c2cccc(OC)c2)nc1. The van der Waals surface area contributed by atoms with Crippen molar-refractivity contribution in [3.8, 4) is 5.75 Å². The van der Waals surface area contributed by atoms with Crippen LogP contribution in [0.15, 0.2) is 52.6 Å². The molecular weight excluding hydrogens is 352 g/mol. The summed E-state index contributed by atoms with van der Waals surface area (Å²) in [6, 6.07) is 10.7. The fraction of sp³-hybridized carbons (Fsp3) is 0.333. The molecule has 7 nitrogen and oxygen atoms in total. The summed E-state index contributed by atoms with van der Waals surface area (Å²) in [7, 11) is -1.89. The summed E-state index contributed by atoms with van der Waals surface area (Å²) in [5, 5.41) is 4.29. The van der Waals surface area contributed by atoms with E-state index in [1.165, 1.54) is 16.6 Å². The number of anilines is 1. The standard InChI is InChI=1S/C18H24N4O3S/c1-5-22(6-2)26(23,24)17-10-11-18(19-13-17)21-20-14(3)15-8-7-9-16(12-15)25-4/h7-13H,5-6H2,1-4H3,(H,19,21). The maximum Gasteiger partial charge on any atom is 0.244 e. The highest BCUT2D eigenvalue weighted by Crippen LogP contribution is 2.17. The Morgan fingerprint density at radius 1 is 1.23 bits per heavy atom. The van der Waals surface area contributed by atoms with E-state index < -0.39 is 10.0 Å². The minimum atomic E-state index is -3.51. The summed E-state index contributed by atoms with van der Waals surface area (Å²) in [5.74, 6) is 1.21. The summed E-state index contributed by atoms with van der Waals surface area (Å²) >= 11 is 0. The van der Waals surface area contributed by atoms with Crippen molar-refractivity contribution in [3.05, 3.63) is 48.2 Å². The molecule has 0 aliphatic heterocycles. The minimum Gasteiger partial charge on any atom is -0.497 e. The van der Waals surface area contributed by atoms with Gasteiger partial charge in [-0.05, 0) is 31.2 Å². The number of hydrogen-bond donors (Lipinski definition) is 1. The first-order valence-electron chi connectivity index (χ1n) is 8.33. The molecule has 1 aromatic carbocycles. The maximum absolute atomic E-state index is 12.4. The smallest absolute Gasteiger partial charge is 0.244 e. The Bertz CT molecular complexity index is 860. The van der Waals surface area contributed by atoms with Crippen molar-refractivity contribution in [1.29, 1.82) is 0 Å². The van der Waals surface area contributed by atoms with Gasteiger partial charge in [0.15, 0.2) is 0 Å². The third kappa shape index (κ3) is 4.59. The van der Waals surface area contributed by atoms with Crippen LogP contribution in [-0.4, -0.2) is 43.6 Å². The summed E-state index contributed by atoms with van der Waals surface area (Å²) in [5.41, 5.74) is 4.51. The lowest BCUT2D eigenvalue weighted by molar-refractivity contribution is 0.414. The molecule has 0 aliphatic carbocycles. The molecule has 0 radical (unpaired) electrons. The molecule has 0 bridgehead atoms. The average Bonchev–Trinajstić information content (AvgIpc) is 2.67. The Labute approximate surface area is 154 Å². The lowest BCUT2D eigenvalue weighted by Crippen LogP contribution is -2.30. The number of methoxy groups -OCH3 is 1. The van der Waals surface area contributed by atoms with Crippen LogP contribution in [0, 0.1) is 0 Å². The molecule has 0 atom stereocenters. The van der Waals surface area contributed by atoms with Crippen molar-refractivity contribution in [2.45, 2.75) is 25.7 Å². The predicted octanol–water partition coefficient (Wildman–Crippen LogP) is 2.96. The summed E-state index contributed by atoms with van der Waals surface area (Å²) < 4.78 is 31.5. The first-order valence-corrected chi connectivity index (χ1v) is 9.77. The van der Waals surface area contributed by atoms with Gasteiger partial charge in [-0.25, -0.2) is 13.4 Å². The summed E-state index contributed by atoms with van der Waals surface area (Å²) in [6.07, 6.45) is 1.34. The van der Waals surface area contributed by atoms with Crippen LogP contribution in [0.4, 0.5) is 5.82 Å². The number of rotatable bonds is 8. The van der Waals surface area contributed by atoms with E-state index in [2.05, 4.69) is 15.5 Å². The Morgan fingerprint density at radius 3 is 2.54 bits per heavy atom. The van der Waals surface area contributed by atoms with E-state index in [-0.39, 0.29) is 4.90 Å².